The lowest BCUT2D eigenvalue weighted by Gasteiger charge is -2.26. The van der Waals surface area contributed by atoms with Gasteiger partial charge in [-0.25, -0.2) is 8.78 Å². The zero-order valence-electron chi connectivity index (χ0n) is 27.3. The second-order valence-corrected chi connectivity index (χ2v) is 12.8. The van der Waals surface area contributed by atoms with Gasteiger partial charge in [0.25, 0.3) is 0 Å². The summed E-state index contributed by atoms with van der Waals surface area (Å²) in [6.07, 6.45) is 2.61. The lowest BCUT2D eigenvalue weighted by atomic mass is 9.86. The molecule has 2 N–H and O–H groups in total. The number of esters is 1. The summed E-state index contributed by atoms with van der Waals surface area (Å²) in [6, 6.07) is 5.36. The normalized spacial score (nSPS) is 15.4. The van der Waals surface area contributed by atoms with Gasteiger partial charge in [-0.3, -0.25) is 24.0 Å². The Morgan fingerprint density at radius 1 is 0.979 bits per heavy atom. The van der Waals surface area contributed by atoms with Crippen molar-refractivity contribution in [2.24, 2.45) is 11.8 Å². The summed E-state index contributed by atoms with van der Waals surface area (Å²) in [4.78, 5) is 66.4. The quantitative estimate of drug-likeness (QED) is 0.117. The molecule has 0 bridgehead atoms. The number of nitrogens with one attached hydrogen (secondary N) is 2. The summed E-state index contributed by atoms with van der Waals surface area (Å²) in [5, 5.41) is 5.04. The van der Waals surface area contributed by atoms with Crippen LogP contribution in [0.15, 0.2) is 42.5 Å². The molecule has 2 aromatic carbocycles. The minimum atomic E-state index is -1.88. The summed E-state index contributed by atoms with van der Waals surface area (Å²) in [5.41, 5.74) is 0.924. The van der Waals surface area contributed by atoms with Crippen LogP contribution in [0.25, 0.3) is 0 Å². The Balaban J connectivity index is 1.75. The second kappa shape index (κ2) is 16.4. The number of Topliss-reactive ketones (excluding diaryl/α,β-unsaturated/α-hetero) is 1. The van der Waals surface area contributed by atoms with Gasteiger partial charge < -0.3 is 25.0 Å². The van der Waals surface area contributed by atoms with Crippen LogP contribution >= 0.6 is 0 Å². The number of anilines is 1. The second-order valence-electron chi connectivity index (χ2n) is 12.8. The number of para-hydroxylation sites is 1. The van der Waals surface area contributed by atoms with Crippen molar-refractivity contribution in [1.29, 1.82) is 0 Å². The maximum absolute atomic E-state index is 14.1. The highest BCUT2D eigenvalue weighted by Gasteiger charge is 2.33. The Labute approximate surface area is 275 Å². The molecular weight excluding hydrogens is 638 g/mol. The molecule has 3 amide bonds. The van der Waals surface area contributed by atoms with Gasteiger partial charge in [0.15, 0.2) is 23.2 Å². The number of hydrogen-bond donors (Lipinski definition) is 2. The van der Waals surface area contributed by atoms with E-state index in [1.54, 1.807) is 38.1 Å². The molecule has 48 heavy (non-hydrogen) atoms. The summed E-state index contributed by atoms with van der Waals surface area (Å²) < 4.78 is 65.3. The van der Waals surface area contributed by atoms with Crippen molar-refractivity contribution in [3.63, 3.8) is 0 Å². The number of carbonyl (C=O) groups is 5. The van der Waals surface area contributed by atoms with Crippen molar-refractivity contribution in [1.82, 2.24) is 10.2 Å². The molecule has 0 saturated carbocycles. The van der Waals surface area contributed by atoms with E-state index < -0.39 is 83.5 Å². The molecular formula is C34H39F4N3O7. The molecule has 0 spiro atoms. The lowest BCUT2D eigenvalue weighted by Crippen LogP contribution is -2.49. The summed E-state index contributed by atoms with van der Waals surface area (Å²) in [6.45, 7) is 7.99. The monoisotopic (exact) mass is 677 g/mol. The van der Waals surface area contributed by atoms with Crippen LogP contribution in [0.1, 0.15) is 53.0 Å². The van der Waals surface area contributed by atoms with Gasteiger partial charge in [0.1, 0.15) is 12.6 Å². The maximum Gasteiger partial charge on any atom is 0.313 e. The number of amides is 3. The van der Waals surface area contributed by atoms with Gasteiger partial charge >= 0.3 is 17.8 Å². The first-order valence-corrected chi connectivity index (χ1v) is 15.3. The molecule has 1 heterocycles. The Bertz CT molecular complexity index is 1550. The Morgan fingerprint density at radius 3 is 2.25 bits per heavy atom. The van der Waals surface area contributed by atoms with E-state index >= 15 is 0 Å². The molecule has 1 aliphatic rings. The molecule has 0 aromatic heterocycles. The van der Waals surface area contributed by atoms with E-state index in [2.05, 4.69) is 10.6 Å². The summed E-state index contributed by atoms with van der Waals surface area (Å²) in [7, 11) is 0. The van der Waals surface area contributed by atoms with Gasteiger partial charge in [-0.15, -0.1) is 0 Å². The highest BCUT2D eigenvalue weighted by Crippen LogP contribution is 2.29. The van der Waals surface area contributed by atoms with Crippen LogP contribution in [0.2, 0.25) is 0 Å². The number of benzene rings is 2. The third-order valence-electron chi connectivity index (χ3n) is 7.27. The average Bonchev–Trinajstić information content (AvgIpc) is 3.28. The zero-order chi connectivity index (χ0) is 35.8. The summed E-state index contributed by atoms with van der Waals surface area (Å²) >= 11 is 0. The van der Waals surface area contributed by atoms with Gasteiger partial charge in [0.2, 0.25) is 17.5 Å². The molecule has 2 aromatic rings. The minimum Gasteiger partial charge on any atom is -0.479 e. The zero-order valence-corrected chi connectivity index (χ0v) is 27.3. The number of allylic oxidation sites excluding steroid dienone is 1. The van der Waals surface area contributed by atoms with Gasteiger partial charge in [-0.05, 0) is 29.4 Å². The smallest absolute Gasteiger partial charge is 0.313 e. The number of carbonyl (C=O) groups excluding carboxylic acids is 5. The first-order valence-electron chi connectivity index (χ1n) is 15.3. The molecule has 0 unspecified atom stereocenters. The van der Waals surface area contributed by atoms with Gasteiger partial charge in [0.05, 0.1) is 18.9 Å². The van der Waals surface area contributed by atoms with Gasteiger partial charge in [-0.1, -0.05) is 65.0 Å². The highest BCUT2D eigenvalue weighted by atomic mass is 19.2. The first-order chi connectivity index (χ1) is 22.5. The van der Waals surface area contributed by atoms with Gasteiger partial charge in [-0.2, -0.15) is 8.78 Å². The molecule has 0 saturated heterocycles. The predicted octanol–water partition coefficient (Wildman–Crippen LogP) is 4.61. The molecule has 3 rings (SSSR count). The number of nitrogens with zero attached hydrogens (tertiary/aromatic N) is 1. The minimum absolute atomic E-state index is 0.00400. The lowest BCUT2D eigenvalue weighted by molar-refractivity contribution is -0.147. The molecule has 1 aliphatic heterocycles. The van der Waals surface area contributed by atoms with Crippen molar-refractivity contribution in [2.75, 3.05) is 31.6 Å². The number of ketones is 1. The largest absolute Gasteiger partial charge is 0.479 e. The molecule has 0 radical (unpaired) electrons. The molecule has 0 fully saturated rings. The molecule has 260 valence electrons. The third kappa shape index (κ3) is 10.1. The van der Waals surface area contributed by atoms with Crippen LogP contribution in [0.4, 0.5) is 23.2 Å². The predicted molar refractivity (Wildman–Crippen MR) is 167 cm³/mol. The standard InChI is InChI=1S/C34H39F4N3O7/c1-19(2)17-47-27(43)15-25(26(42)18-48-30-28(37)22(35)14-23(36)29(30)38)40-31(44)20-10-8-9-13-41(16-20)33(46)32(45)39-24-12-7-6-11-21(24)34(3,4)5/h6-9,11-12,14,19-20,25H,10,13,15-18H2,1-5H3,(H,39,45)(H,40,44)/t20-,25-/m0/s1. The van der Waals surface area contributed by atoms with E-state index in [0.717, 1.165) is 10.5 Å². The van der Waals surface area contributed by atoms with Crippen LogP contribution in [0.3, 0.4) is 0 Å². The Hall–Kier alpha value is -4.75. The van der Waals surface area contributed by atoms with E-state index in [1.165, 1.54) is 0 Å². The van der Waals surface area contributed by atoms with Crippen LogP contribution in [-0.2, 0) is 34.1 Å². The third-order valence-corrected chi connectivity index (χ3v) is 7.27. The Kier molecular flexibility index (Phi) is 12.9. The van der Waals surface area contributed by atoms with E-state index in [-0.39, 0.29) is 43.5 Å². The fraction of sp³-hybridized carbons (Fsp3) is 0.441. The van der Waals surface area contributed by atoms with Crippen LogP contribution in [0, 0.1) is 35.1 Å². The molecule has 0 aliphatic carbocycles. The van der Waals surface area contributed by atoms with Gasteiger partial charge in [0, 0.05) is 24.8 Å². The van der Waals surface area contributed by atoms with E-state index in [9.17, 15) is 41.5 Å². The van der Waals surface area contributed by atoms with Crippen molar-refractivity contribution in [2.45, 2.75) is 58.9 Å². The van der Waals surface area contributed by atoms with E-state index in [4.69, 9.17) is 9.47 Å². The topological polar surface area (TPSA) is 131 Å². The number of hydrogen-bond acceptors (Lipinski definition) is 7. The van der Waals surface area contributed by atoms with E-state index in [0.29, 0.717) is 5.69 Å². The number of ether oxygens (including phenoxy) is 2. The number of halogens is 4. The molecule has 2 atom stereocenters. The summed E-state index contributed by atoms with van der Waals surface area (Å²) in [5.74, 6) is -14.4. The highest BCUT2D eigenvalue weighted by molar-refractivity contribution is 6.39. The molecule has 14 heteroatoms. The van der Waals surface area contributed by atoms with Crippen LogP contribution in [0.5, 0.6) is 5.75 Å². The van der Waals surface area contributed by atoms with Crippen molar-refractivity contribution >= 4 is 35.2 Å². The van der Waals surface area contributed by atoms with Crippen LogP contribution in [-0.4, -0.2) is 66.7 Å². The Morgan fingerprint density at radius 2 is 1.62 bits per heavy atom. The van der Waals surface area contributed by atoms with Crippen molar-refractivity contribution in [3.8, 4) is 5.75 Å². The number of rotatable bonds is 11. The SMILES string of the molecule is CC(C)COC(=O)C[C@H](NC(=O)[C@H]1CC=CCN(C(=O)C(=O)Nc2ccccc2C(C)(C)C)C1)C(=O)COc1c(F)c(F)cc(F)c1F. The van der Waals surface area contributed by atoms with Crippen LogP contribution < -0.4 is 15.4 Å². The average molecular weight is 678 g/mol. The fourth-order valence-electron chi connectivity index (χ4n) is 4.74. The molecule has 10 nitrogen and oxygen atoms in total. The fourth-order valence-corrected chi connectivity index (χ4v) is 4.74. The maximum atomic E-state index is 14.1. The van der Waals surface area contributed by atoms with Crippen molar-refractivity contribution < 1.29 is 51.0 Å². The van der Waals surface area contributed by atoms with Crippen molar-refractivity contribution in [3.05, 3.63) is 71.3 Å². The van der Waals surface area contributed by atoms with E-state index in [1.807, 2.05) is 32.9 Å². The first kappa shape index (κ1) is 37.7.